The Kier molecular flexibility index (Phi) is 3.55. The highest BCUT2D eigenvalue weighted by molar-refractivity contribution is 5.56. The lowest BCUT2D eigenvalue weighted by molar-refractivity contribution is 0.413. The Morgan fingerprint density at radius 3 is 2.94 bits per heavy atom. The van der Waals surface area contributed by atoms with Crippen molar-refractivity contribution in [3.8, 4) is 5.75 Å². The highest BCUT2D eigenvalue weighted by Gasteiger charge is 2.03. The number of pyridine rings is 1. The van der Waals surface area contributed by atoms with Crippen LogP contribution in [0.15, 0.2) is 42.7 Å². The molecule has 0 aliphatic heterocycles. The van der Waals surface area contributed by atoms with Gasteiger partial charge in [-0.25, -0.2) is 4.39 Å². The van der Waals surface area contributed by atoms with Crippen LogP contribution in [-0.4, -0.2) is 12.1 Å². The summed E-state index contributed by atoms with van der Waals surface area (Å²) in [5, 5.41) is 3.18. The maximum Gasteiger partial charge on any atom is 0.144 e. The Morgan fingerprint density at radius 2 is 2.24 bits per heavy atom. The number of benzene rings is 1. The predicted octanol–water partition coefficient (Wildman–Crippen LogP) is 2.84. The molecule has 0 amide bonds. The first-order valence-electron chi connectivity index (χ1n) is 5.26. The quantitative estimate of drug-likeness (QED) is 0.880. The fraction of sp³-hybridized carbons (Fsp3) is 0.154. The van der Waals surface area contributed by atoms with Gasteiger partial charge in [0.2, 0.25) is 0 Å². The van der Waals surface area contributed by atoms with Crippen LogP contribution in [0.2, 0.25) is 0 Å². The fourth-order valence-electron chi connectivity index (χ4n) is 1.51. The first-order chi connectivity index (χ1) is 8.29. The monoisotopic (exact) mass is 232 g/mol. The van der Waals surface area contributed by atoms with Crippen molar-refractivity contribution in [3.05, 3.63) is 54.1 Å². The normalized spacial score (nSPS) is 10.0. The Morgan fingerprint density at radius 1 is 1.35 bits per heavy atom. The van der Waals surface area contributed by atoms with E-state index in [-0.39, 0.29) is 5.82 Å². The van der Waals surface area contributed by atoms with Gasteiger partial charge in [-0.3, -0.25) is 4.98 Å². The topological polar surface area (TPSA) is 34.1 Å². The lowest BCUT2D eigenvalue weighted by Crippen LogP contribution is -2.01. The van der Waals surface area contributed by atoms with Crippen LogP contribution in [0.3, 0.4) is 0 Å². The first kappa shape index (κ1) is 11.4. The van der Waals surface area contributed by atoms with E-state index in [1.54, 1.807) is 18.5 Å². The molecule has 1 aromatic carbocycles. The van der Waals surface area contributed by atoms with Crippen LogP contribution < -0.4 is 10.1 Å². The molecule has 0 saturated heterocycles. The average molecular weight is 232 g/mol. The molecule has 0 aliphatic rings. The second-order valence-electron chi connectivity index (χ2n) is 3.56. The number of methoxy groups -OCH3 is 1. The van der Waals surface area contributed by atoms with Crippen molar-refractivity contribution in [3.63, 3.8) is 0 Å². The molecule has 0 bridgehead atoms. The second-order valence-corrected chi connectivity index (χ2v) is 3.56. The number of nitrogens with one attached hydrogen (secondary N) is 1. The molecule has 88 valence electrons. The van der Waals surface area contributed by atoms with Crippen LogP contribution >= 0.6 is 0 Å². The van der Waals surface area contributed by atoms with Crippen LogP contribution in [0.1, 0.15) is 5.56 Å². The first-order valence-corrected chi connectivity index (χ1v) is 5.26. The molecule has 1 N–H and O–H groups in total. The van der Waals surface area contributed by atoms with E-state index in [1.165, 1.54) is 19.2 Å². The van der Waals surface area contributed by atoms with Crippen LogP contribution in [0.4, 0.5) is 10.1 Å². The van der Waals surface area contributed by atoms with Crippen molar-refractivity contribution >= 4 is 5.69 Å². The molecule has 1 aromatic heterocycles. The van der Waals surface area contributed by atoms with Gasteiger partial charge in [-0.05, 0) is 23.8 Å². The van der Waals surface area contributed by atoms with Crippen LogP contribution in [-0.2, 0) is 6.54 Å². The summed E-state index contributed by atoms with van der Waals surface area (Å²) in [5.74, 6) is 0.183. The third-order valence-corrected chi connectivity index (χ3v) is 2.37. The SMILES string of the molecule is COc1cc(F)ccc1NCc1cccnc1. The smallest absolute Gasteiger partial charge is 0.144 e. The molecule has 3 nitrogen and oxygen atoms in total. The Bertz CT molecular complexity index is 488. The molecule has 2 rings (SSSR count). The minimum Gasteiger partial charge on any atom is -0.494 e. The summed E-state index contributed by atoms with van der Waals surface area (Å²) < 4.78 is 18.1. The number of hydrogen-bond acceptors (Lipinski definition) is 3. The lowest BCUT2D eigenvalue weighted by atomic mass is 10.2. The van der Waals surface area contributed by atoms with Gasteiger partial charge in [0.25, 0.3) is 0 Å². The Hall–Kier alpha value is -2.10. The van der Waals surface area contributed by atoms with E-state index in [1.807, 2.05) is 12.1 Å². The highest BCUT2D eigenvalue weighted by Crippen LogP contribution is 2.25. The van der Waals surface area contributed by atoms with Crippen LogP contribution in [0, 0.1) is 5.82 Å². The summed E-state index contributed by atoms with van der Waals surface area (Å²) in [6.45, 7) is 0.621. The van der Waals surface area contributed by atoms with Crippen molar-refractivity contribution in [1.29, 1.82) is 0 Å². The van der Waals surface area contributed by atoms with E-state index in [4.69, 9.17) is 4.74 Å². The number of nitrogens with zero attached hydrogens (tertiary/aromatic N) is 1. The number of anilines is 1. The summed E-state index contributed by atoms with van der Waals surface area (Å²) in [5.41, 5.74) is 1.82. The summed E-state index contributed by atoms with van der Waals surface area (Å²) in [6, 6.07) is 8.25. The van der Waals surface area contributed by atoms with Gasteiger partial charge in [0, 0.05) is 25.0 Å². The standard InChI is InChI=1S/C13H13FN2O/c1-17-13-7-11(14)4-5-12(13)16-9-10-3-2-6-15-8-10/h2-8,16H,9H2,1H3. The summed E-state index contributed by atoms with van der Waals surface area (Å²) in [6.07, 6.45) is 3.50. The lowest BCUT2D eigenvalue weighted by Gasteiger charge is -2.10. The van der Waals surface area contributed by atoms with E-state index in [0.717, 1.165) is 11.3 Å². The molecule has 4 heteroatoms. The molecule has 0 radical (unpaired) electrons. The van der Waals surface area contributed by atoms with Gasteiger partial charge in [0.1, 0.15) is 11.6 Å². The Labute approximate surface area is 99.3 Å². The van der Waals surface area contributed by atoms with E-state index >= 15 is 0 Å². The largest absolute Gasteiger partial charge is 0.494 e. The maximum atomic E-state index is 13.0. The zero-order chi connectivity index (χ0) is 12.1. The second kappa shape index (κ2) is 5.30. The van der Waals surface area contributed by atoms with E-state index in [9.17, 15) is 4.39 Å². The molecule has 0 unspecified atom stereocenters. The zero-order valence-electron chi connectivity index (χ0n) is 9.48. The van der Waals surface area contributed by atoms with Crippen molar-refractivity contribution in [2.45, 2.75) is 6.54 Å². The molecule has 0 spiro atoms. The van der Waals surface area contributed by atoms with Crippen molar-refractivity contribution in [2.75, 3.05) is 12.4 Å². The number of ether oxygens (including phenoxy) is 1. The van der Waals surface area contributed by atoms with Crippen LogP contribution in [0.5, 0.6) is 5.75 Å². The minimum absolute atomic E-state index is 0.311. The Balaban J connectivity index is 2.09. The molecular weight excluding hydrogens is 219 g/mol. The van der Waals surface area contributed by atoms with Crippen molar-refractivity contribution in [1.82, 2.24) is 4.98 Å². The third-order valence-electron chi connectivity index (χ3n) is 2.37. The molecule has 0 fully saturated rings. The zero-order valence-corrected chi connectivity index (χ0v) is 9.48. The molecule has 0 aliphatic carbocycles. The van der Waals surface area contributed by atoms with E-state index in [0.29, 0.717) is 12.3 Å². The van der Waals surface area contributed by atoms with Gasteiger partial charge in [0.05, 0.1) is 12.8 Å². The summed E-state index contributed by atoms with van der Waals surface area (Å²) in [4.78, 5) is 4.02. The van der Waals surface area contributed by atoms with Gasteiger partial charge in [0.15, 0.2) is 0 Å². The summed E-state index contributed by atoms with van der Waals surface area (Å²) in [7, 11) is 1.52. The van der Waals surface area contributed by atoms with E-state index in [2.05, 4.69) is 10.3 Å². The third kappa shape index (κ3) is 2.93. The maximum absolute atomic E-state index is 13.0. The minimum atomic E-state index is -0.311. The number of hydrogen-bond donors (Lipinski definition) is 1. The number of aromatic nitrogens is 1. The average Bonchev–Trinajstić information content (AvgIpc) is 2.38. The molecular formula is C13H13FN2O. The summed E-state index contributed by atoms with van der Waals surface area (Å²) >= 11 is 0. The molecule has 0 saturated carbocycles. The van der Waals surface area contributed by atoms with Gasteiger partial charge in [-0.15, -0.1) is 0 Å². The molecule has 17 heavy (non-hydrogen) atoms. The molecule has 0 atom stereocenters. The number of rotatable bonds is 4. The van der Waals surface area contributed by atoms with Gasteiger partial charge >= 0.3 is 0 Å². The van der Waals surface area contributed by atoms with Crippen molar-refractivity contribution in [2.24, 2.45) is 0 Å². The predicted molar refractivity (Wildman–Crippen MR) is 64.5 cm³/mol. The van der Waals surface area contributed by atoms with Crippen LogP contribution in [0.25, 0.3) is 0 Å². The fourth-order valence-corrected chi connectivity index (χ4v) is 1.51. The van der Waals surface area contributed by atoms with Gasteiger partial charge in [-0.1, -0.05) is 6.07 Å². The number of halogens is 1. The highest BCUT2D eigenvalue weighted by atomic mass is 19.1. The van der Waals surface area contributed by atoms with Gasteiger partial charge in [-0.2, -0.15) is 0 Å². The molecule has 1 heterocycles. The van der Waals surface area contributed by atoms with Crippen molar-refractivity contribution < 1.29 is 9.13 Å². The van der Waals surface area contributed by atoms with Gasteiger partial charge < -0.3 is 10.1 Å². The molecule has 2 aromatic rings. The van der Waals surface area contributed by atoms with E-state index < -0.39 is 0 Å².